The van der Waals surface area contributed by atoms with Gasteiger partial charge in [0, 0.05) is 0 Å². The Labute approximate surface area is 221 Å². The lowest BCUT2D eigenvalue weighted by Gasteiger charge is -2.17. The summed E-state index contributed by atoms with van der Waals surface area (Å²) < 4.78 is 17.2. The highest BCUT2D eigenvalue weighted by Gasteiger charge is 2.35. The number of hydrogen-bond acceptors (Lipinski definition) is 7. The van der Waals surface area contributed by atoms with Crippen molar-refractivity contribution < 1.29 is 33.7 Å². The van der Waals surface area contributed by atoms with Gasteiger partial charge in [-0.3, -0.25) is 14.5 Å². The average molecular weight is 611 g/mol. The predicted molar refractivity (Wildman–Crippen MR) is 142 cm³/mol. The molecule has 1 aliphatic rings. The molecule has 10 heteroatoms. The molecule has 1 heterocycles. The van der Waals surface area contributed by atoms with E-state index in [1.807, 2.05) is 47.7 Å². The number of carboxylic acid groups (broad SMARTS) is 1. The molecule has 1 saturated heterocycles. The van der Waals surface area contributed by atoms with Crippen LogP contribution in [0.2, 0.25) is 0 Å². The van der Waals surface area contributed by atoms with Crippen LogP contribution in [0.25, 0.3) is 6.08 Å². The molecule has 186 valence electrons. The van der Waals surface area contributed by atoms with Crippen LogP contribution in [-0.2, 0) is 9.59 Å². The number of hydrogen-bond donors (Lipinski definition) is 1. The molecule has 0 bridgehead atoms. The second-order valence-corrected chi connectivity index (χ2v) is 10.2. The van der Waals surface area contributed by atoms with Gasteiger partial charge in [0.25, 0.3) is 11.1 Å². The Kier molecular flexibility index (Phi) is 9.06. The number of imide groups is 1. The van der Waals surface area contributed by atoms with E-state index in [1.54, 1.807) is 18.2 Å². The van der Waals surface area contributed by atoms with Crippen LogP contribution in [0.3, 0.4) is 0 Å². The van der Waals surface area contributed by atoms with E-state index in [0.717, 1.165) is 28.6 Å². The Morgan fingerprint density at radius 3 is 2.57 bits per heavy atom. The number of aryl methyl sites for hydroxylation is 1. The first-order valence-corrected chi connectivity index (χ1v) is 12.7. The van der Waals surface area contributed by atoms with Crippen LogP contribution in [0.15, 0.2) is 35.2 Å². The molecule has 2 aromatic rings. The fraction of sp³-hybridized carbons (Fsp3) is 0.320. The number of halogens is 1. The number of carbonyl (C=O) groups excluding carboxylic acids is 2. The van der Waals surface area contributed by atoms with Gasteiger partial charge in [0.05, 0.1) is 22.1 Å². The molecule has 0 spiro atoms. The van der Waals surface area contributed by atoms with Crippen molar-refractivity contribution in [3.05, 3.63) is 55.5 Å². The maximum atomic E-state index is 12.9. The number of aliphatic carboxylic acids is 1. The Morgan fingerprint density at radius 2 is 1.91 bits per heavy atom. The van der Waals surface area contributed by atoms with Gasteiger partial charge in [0.1, 0.15) is 12.4 Å². The monoisotopic (exact) mass is 611 g/mol. The van der Waals surface area contributed by atoms with Gasteiger partial charge in [-0.25, -0.2) is 4.79 Å². The summed E-state index contributed by atoms with van der Waals surface area (Å²) in [6.07, 6.45) is 1.61. The van der Waals surface area contributed by atoms with Crippen molar-refractivity contribution >= 4 is 57.5 Å². The van der Waals surface area contributed by atoms with Crippen LogP contribution >= 0.6 is 34.4 Å². The van der Waals surface area contributed by atoms with E-state index in [0.29, 0.717) is 20.6 Å². The summed E-state index contributed by atoms with van der Waals surface area (Å²) in [6.45, 7) is 5.97. The normalized spacial score (nSPS) is 14.7. The predicted octanol–water partition coefficient (Wildman–Crippen LogP) is 5.31. The zero-order valence-electron chi connectivity index (χ0n) is 19.8. The molecule has 2 aromatic carbocycles. The third kappa shape index (κ3) is 6.69. The number of carbonyl (C=O) groups is 3. The number of benzene rings is 2. The van der Waals surface area contributed by atoms with E-state index in [9.17, 15) is 14.4 Å². The second-order valence-electron chi connectivity index (χ2n) is 8.09. The minimum atomic E-state index is -1.10. The van der Waals surface area contributed by atoms with Gasteiger partial charge >= 0.3 is 5.97 Å². The number of nitrogens with zero attached hydrogens (tertiary/aromatic N) is 1. The summed E-state index contributed by atoms with van der Waals surface area (Å²) in [6, 6.07) is 9.38. The van der Waals surface area contributed by atoms with E-state index in [2.05, 4.69) is 13.8 Å². The zero-order valence-corrected chi connectivity index (χ0v) is 22.8. The highest BCUT2D eigenvalue weighted by Crippen LogP contribution is 2.37. The number of ether oxygens (including phenoxy) is 3. The minimum absolute atomic E-state index is 0.135. The fourth-order valence-electron chi connectivity index (χ4n) is 3.43. The van der Waals surface area contributed by atoms with Gasteiger partial charge in [0.2, 0.25) is 0 Å². The molecular formula is C25H26INO7S. The number of rotatable bonds is 10. The maximum Gasteiger partial charge on any atom is 0.341 e. The molecule has 0 aromatic heterocycles. The van der Waals surface area contributed by atoms with Crippen molar-refractivity contribution in [2.75, 3.05) is 26.9 Å². The quantitative estimate of drug-likeness (QED) is 0.285. The molecule has 0 atom stereocenters. The molecule has 2 amide bonds. The van der Waals surface area contributed by atoms with Crippen LogP contribution in [0.4, 0.5) is 4.79 Å². The van der Waals surface area contributed by atoms with E-state index in [1.165, 1.54) is 12.0 Å². The van der Waals surface area contributed by atoms with E-state index in [4.69, 9.17) is 19.3 Å². The molecule has 0 saturated carbocycles. The fourth-order valence-corrected chi connectivity index (χ4v) is 5.08. The van der Waals surface area contributed by atoms with Crippen molar-refractivity contribution in [3.8, 4) is 17.2 Å². The van der Waals surface area contributed by atoms with Crippen molar-refractivity contribution in [2.24, 2.45) is 0 Å². The van der Waals surface area contributed by atoms with Crippen LogP contribution in [0, 0.1) is 10.5 Å². The molecule has 1 aliphatic heterocycles. The summed E-state index contributed by atoms with van der Waals surface area (Å²) in [5.41, 5.74) is 2.77. The van der Waals surface area contributed by atoms with Gasteiger partial charge in [-0.15, -0.1) is 0 Å². The molecule has 1 N–H and O–H groups in total. The summed E-state index contributed by atoms with van der Waals surface area (Å²) in [7, 11) is 1.44. The van der Waals surface area contributed by atoms with E-state index < -0.39 is 18.5 Å². The topological polar surface area (TPSA) is 102 Å². The van der Waals surface area contributed by atoms with Gasteiger partial charge in [-0.05, 0) is 88.2 Å². The Bertz CT molecular complexity index is 1180. The first-order valence-electron chi connectivity index (χ1n) is 10.8. The zero-order chi connectivity index (χ0) is 25.7. The number of amides is 2. The summed E-state index contributed by atoms with van der Waals surface area (Å²) in [5.74, 6) is 0.177. The largest absolute Gasteiger partial charge is 0.493 e. The number of carboxylic acids is 1. The van der Waals surface area contributed by atoms with E-state index in [-0.39, 0.29) is 29.2 Å². The molecular weight excluding hydrogens is 585 g/mol. The first-order chi connectivity index (χ1) is 16.6. The number of thioether (sulfide) groups is 1. The minimum Gasteiger partial charge on any atom is -0.493 e. The summed E-state index contributed by atoms with van der Waals surface area (Å²) >= 11 is 2.86. The molecule has 8 nitrogen and oxygen atoms in total. The lowest BCUT2D eigenvalue weighted by molar-refractivity contribution is -0.139. The highest BCUT2D eigenvalue weighted by atomic mass is 127. The Balaban J connectivity index is 1.72. The van der Waals surface area contributed by atoms with Crippen LogP contribution in [-0.4, -0.2) is 54.0 Å². The molecule has 0 aliphatic carbocycles. The highest BCUT2D eigenvalue weighted by molar-refractivity contribution is 14.1. The summed E-state index contributed by atoms with van der Waals surface area (Å²) in [4.78, 5) is 37.7. The van der Waals surface area contributed by atoms with Gasteiger partial charge in [-0.1, -0.05) is 26.0 Å². The van der Waals surface area contributed by atoms with Crippen LogP contribution < -0.4 is 14.2 Å². The average Bonchev–Trinajstić information content (AvgIpc) is 3.05. The smallest absolute Gasteiger partial charge is 0.341 e. The van der Waals surface area contributed by atoms with E-state index >= 15 is 0 Å². The molecule has 1 fully saturated rings. The Morgan fingerprint density at radius 1 is 1.17 bits per heavy atom. The standard InChI is InChI=1S/C25H26INO7S/c1-14(2)17-6-5-15(3)9-19(17)33-8-7-27-24(30)21(35-25(27)31)12-16-10-18(26)23(20(11-16)32-4)34-13-22(28)29/h5-6,9-12,14H,7-8,13H2,1-4H3,(H,28,29)/b21-12-. The Hall–Kier alpha value is -2.73. The summed E-state index contributed by atoms with van der Waals surface area (Å²) in [5, 5.41) is 8.51. The SMILES string of the molecule is COc1cc(/C=C2\SC(=O)N(CCOc3cc(C)ccc3C(C)C)C2=O)cc(I)c1OCC(=O)O. The van der Waals surface area contributed by atoms with Gasteiger partial charge in [0.15, 0.2) is 18.1 Å². The lowest BCUT2D eigenvalue weighted by atomic mass is 10.0. The van der Waals surface area contributed by atoms with Crippen molar-refractivity contribution in [1.29, 1.82) is 0 Å². The number of methoxy groups -OCH3 is 1. The first kappa shape index (κ1) is 26.9. The lowest BCUT2D eigenvalue weighted by Crippen LogP contribution is -2.32. The van der Waals surface area contributed by atoms with Gasteiger partial charge < -0.3 is 19.3 Å². The molecule has 0 radical (unpaired) electrons. The third-order valence-corrected chi connectivity index (χ3v) is 6.84. The third-order valence-electron chi connectivity index (χ3n) is 5.13. The molecule has 35 heavy (non-hydrogen) atoms. The molecule has 0 unspecified atom stereocenters. The molecule has 3 rings (SSSR count). The van der Waals surface area contributed by atoms with Crippen molar-refractivity contribution in [2.45, 2.75) is 26.7 Å². The second kappa shape index (κ2) is 11.8. The van der Waals surface area contributed by atoms with Crippen molar-refractivity contribution in [3.63, 3.8) is 0 Å². The van der Waals surface area contributed by atoms with Crippen molar-refractivity contribution in [1.82, 2.24) is 4.90 Å². The maximum absolute atomic E-state index is 12.9. The van der Waals surface area contributed by atoms with Crippen LogP contribution in [0.1, 0.15) is 36.5 Å². The van der Waals surface area contributed by atoms with Gasteiger partial charge in [-0.2, -0.15) is 0 Å². The van der Waals surface area contributed by atoms with Crippen LogP contribution in [0.5, 0.6) is 17.2 Å².